The Labute approximate surface area is 200 Å². The van der Waals surface area contributed by atoms with Crippen LogP contribution < -0.4 is 9.44 Å². The number of hydrogen-bond acceptors (Lipinski definition) is 6. The lowest BCUT2D eigenvalue weighted by atomic mass is 10.1. The second-order valence-electron chi connectivity index (χ2n) is 7.29. The predicted octanol–water partition coefficient (Wildman–Crippen LogP) is 4.69. The lowest BCUT2D eigenvalue weighted by Crippen LogP contribution is -2.18. The van der Waals surface area contributed by atoms with Gasteiger partial charge in [0.1, 0.15) is 5.58 Å². The molecule has 1 heterocycles. The topological polar surface area (TPSA) is 143 Å². The molecule has 12 heteroatoms. The average Bonchev–Trinajstić information content (AvgIpc) is 3.21. The summed E-state index contributed by atoms with van der Waals surface area (Å²) in [5, 5.41) is 9.64. The van der Waals surface area contributed by atoms with Gasteiger partial charge in [0.2, 0.25) is 5.09 Å². The highest BCUT2D eigenvalue weighted by molar-refractivity contribution is 7.93. The van der Waals surface area contributed by atoms with Crippen LogP contribution in [0.4, 0.5) is 11.4 Å². The maximum atomic E-state index is 12.9. The number of carboxylic acid groups (broad SMARTS) is 1. The zero-order valence-corrected chi connectivity index (χ0v) is 19.8. The number of para-hydroxylation sites is 1. The lowest BCUT2D eigenvalue weighted by Gasteiger charge is -2.15. The van der Waals surface area contributed by atoms with E-state index in [1.54, 1.807) is 24.3 Å². The van der Waals surface area contributed by atoms with Crippen molar-refractivity contribution in [2.45, 2.75) is 16.9 Å². The number of carboxylic acids is 1. The van der Waals surface area contributed by atoms with Gasteiger partial charge in [-0.15, -0.1) is 0 Å². The molecular formula is C22H17ClN2O7S2. The van der Waals surface area contributed by atoms with Crippen molar-refractivity contribution in [2.24, 2.45) is 0 Å². The van der Waals surface area contributed by atoms with E-state index < -0.39 is 26.0 Å². The van der Waals surface area contributed by atoms with E-state index in [-0.39, 0.29) is 31.9 Å². The number of furan rings is 1. The van der Waals surface area contributed by atoms with Crippen molar-refractivity contribution in [3.05, 3.63) is 82.9 Å². The fraction of sp³-hybridized carbons (Fsp3) is 0.0455. The number of anilines is 2. The maximum Gasteiger partial charge on any atom is 0.335 e. The van der Waals surface area contributed by atoms with Gasteiger partial charge in [0.05, 0.1) is 21.8 Å². The SMILES string of the molecule is Cc1ccc(S(=O)(=O)Nc2ccc(Cl)cc2NS(=O)(=O)c2cc3ccccc3o2)cc1C(=O)O. The minimum Gasteiger partial charge on any atom is -0.478 e. The molecule has 0 atom stereocenters. The normalized spacial score (nSPS) is 11.9. The van der Waals surface area contributed by atoms with Gasteiger partial charge < -0.3 is 9.52 Å². The van der Waals surface area contributed by atoms with Crippen molar-refractivity contribution in [1.29, 1.82) is 0 Å². The molecule has 3 aromatic carbocycles. The number of nitrogens with one attached hydrogen (secondary N) is 2. The largest absolute Gasteiger partial charge is 0.478 e. The van der Waals surface area contributed by atoms with Gasteiger partial charge in [0, 0.05) is 16.5 Å². The summed E-state index contributed by atoms with van der Waals surface area (Å²) in [4.78, 5) is 11.1. The van der Waals surface area contributed by atoms with Crippen molar-refractivity contribution in [1.82, 2.24) is 0 Å². The molecule has 0 unspecified atom stereocenters. The van der Waals surface area contributed by atoms with E-state index in [9.17, 15) is 26.7 Å². The number of aryl methyl sites for hydroxylation is 1. The molecule has 34 heavy (non-hydrogen) atoms. The number of benzene rings is 3. The summed E-state index contributed by atoms with van der Waals surface area (Å²) in [5.41, 5.74) is 0.300. The monoisotopic (exact) mass is 520 g/mol. The highest BCUT2D eigenvalue weighted by Crippen LogP contribution is 2.31. The quantitative estimate of drug-likeness (QED) is 0.320. The number of rotatable bonds is 7. The van der Waals surface area contributed by atoms with E-state index in [2.05, 4.69) is 9.44 Å². The van der Waals surface area contributed by atoms with Gasteiger partial charge in [-0.05, 0) is 48.9 Å². The first-order valence-electron chi connectivity index (χ1n) is 9.64. The maximum absolute atomic E-state index is 12.9. The Bertz CT molecular complexity index is 1610. The van der Waals surface area contributed by atoms with Gasteiger partial charge in [-0.1, -0.05) is 35.9 Å². The van der Waals surface area contributed by atoms with Crippen LogP contribution in [0.3, 0.4) is 0 Å². The molecule has 0 aliphatic heterocycles. The molecule has 0 spiro atoms. The Hall–Kier alpha value is -3.54. The minimum atomic E-state index is -4.28. The van der Waals surface area contributed by atoms with Crippen molar-refractivity contribution in [3.63, 3.8) is 0 Å². The number of hydrogen-bond donors (Lipinski definition) is 3. The summed E-state index contributed by atoms with van der Waals surface area (Å²) in [6.07, 6.45) is 0. The first kappa shape index (κ1) is 23.6. The van der Waals surface area contributed by atoms with Gasteiger partial charge in [-0.3, -0.25) is 9.44 Å². The summed E-state index contributed by atoms with van der Waals surface area (Å²) in [6, 6.07) is 15.6. The number of fused-ring (bicyclic) bond motifs is 1. The van der Waals surface area contributed by atoms with Crippen molar-refractivity contribution < 1.29 is 31.2 Å². The van der Waals surface area contributed by atoms with Gasteiger partial charge in [-0.25, -0.2) is 13.2 Å². The third-order valence-corrected chi connectivity index (χ3v) is 7.71. The molecule has 0 bridgehead atoms. The Balaban J connectivity index is 1.70. The lowest BCUT2D eigenvalue weighted by molar-refractivity contribution is 0.0696. The van der Waals surface area contributed by atoms with Gasteiger partial charge in [0.15, 0.2) is 0 Å². The van der Waals surface area contributed by atoms with E-state index in [4.69, 9.17) is 16.0 Å². The van der Waals surface area contributed by atoms with E-state index >= 15 is 0 Å². The number of sulfonamides is 2. The molecule has 4 rings (SSSR count). The first-order chi connectivity index (χ1) is 16.0. The molecule has 176 valence electrons. The Morgan fingerprint density at radius 3 is 2.29 bits per heavy atom. The fourth-order valence-corrected chi connectivity index (χ4v) is 5.50. The molecule has 0 saturated carbocycles. The summed E-state index contributed by atoms with van der Waals surface area (Å²) in [6.45, 7) is 1.54. The number of carbonyl (C=O) groups is 1. The van der Waals surface area contributed by atoms with Crippen LogP contribution in [0.15, 0.2) is 81.1 Å². The fourth-order valence-electron chi connectivity index (χ4n) is 3.18. The zero-order valence-electron chi connectivity index (χ0n) is 17.4. The summed E-state index contributed by atoms with van der Waals surface area (Å²) in [5.74, 6) is -1.28. The first-order valence-corrected chi connectivity index (χ1v) is 13.0. The van der Waals surface area contributed by atoms with Crippen LogP contribution in [-0.4, -0.2) is 27.9 Å². The van der Waals surface area contributed by atoms with Gasteiger partial charge in [0.25, 0.3) is 20.0 Å². The molecule has 0 aliphatic rings. The van der Waals surface area contributed by atoms with Crippen LogP contribution in [0.2, 0.25) is 5.02 Å². The Morgan fingerprint density at radius 1 is 0.882 bits per heavy atom. The minimum absolute atomic E-state index is 0.124. The summed E-state index contributed by atoms with van der Waals surface area (Å²) in [7, 11) is -8.52. The second kappa shape index (κ2) is 8.67. The van der Waals surface area contributed by atoms with Crippen LogP contribution in [-0.2, 0) is 20.0 Å². The van der Waals surface area contributed by atoms with Crippen LogP contribution in [0, 0.1) is 6.92 Å². The number of halogens is 1. The molecule has 4 aromatic rings. The van der Waals surface area contributed by atoms with Crippen molar-refractivity contribution in [2.75, 3.05) is 9.44 Å². The predicted molar refractivity (Wildman–Crippen MR) is 127 cm³/mol. The third kappa shape index (κ3) is 4.72. The standard InChI is InChI=1S/C22H17ClN2O7S2/c1-13-6-8-16(12-17(13)22(26)27)33(28,29)24-18-9-7-15(23)11-19(18)25-34(30,31)21-10-14-4-2-3-5-20(14)32-21/h2-12,24-25H,1H3,(H,26,27). The van der Waals surface area contributed by atoms with E-state index in [1.165, 1.54) is 43.3 Å². The third-order valence-electron chi connectivity index (χ3n) is 4.89. The molecule has 0 aliphatic carbocycles. The van der Waals surface area contributed by atoms with Crippen LogP contribution >= 0.6 is 11.6 Å². The Kier molecular flexibility index (Phi) is 6.02. The van der Waals surface area contributed by atoms with E-state index in [0.29, 0.717) is 16.5 Å². The van der Waals surface area contributed by atoms with E-state index in [0.717, 1.165) is 6.07 Å². The molecule has 1 aromatic heterocycles. The van der Waals surface area contributed by atoms with Crippen LogP contribution in [0.25, 0.3) is 11.0 Å². The summed E-state index contributed by atoms with van der Waals surface area (Å²) < 4.78 is 61.7. The van der Waals surface area contributed by atoms with Crippen LogP contribution in [0.5, 0.6) is 0 Å². The van der Waals surface area contributed by atoms with Crippen LogP contribution in [0.1, 0.15) is 15.9 Å². The van der Waals surface area contributed by atoms with E-state index in [1.807, 2.05) is 0 Å². The Morgan fingerprint density at radius 2 is 1.59 bits per heavy atom. The highest BCUT2D eigenvalue weighted by Gasteiger charge is 2.24. The zero-order chi connectivity index (χ0) is 24.7. The summed E-state index contributed by atoms with van der Waals surface area (Å²) >= 11 is 6.02. The van der Waals surface area contributed by atoms with Gasteiger partial charge >= 0.3 is 5.97 Å². The second-order valence-corrected chi connectivity index (χ2v) is 11.0. The highest BCUT2D eigenvalue weighted by atomic mass is 35.5. The average molecular weight is 521 g/mol. The molecule has 0 amide bonds. The number of aromatic carboxylic acids is 1. The van der Waals surface area contributed by atoms with Gasteiger partial charge in [-0.2, -0.15) is 8.42 Å². The molecule has 0 radical (unpaired) electrons. The molecule has 0 fully saturated rings. The molecule has 0 saturated heterocycles. The molecule has 9 nitrogen and oxygen atoms in total. The molecular weight excluding hydrogens is 504 g/mol. The molecule has 3 N–H and O–H groups in total. The van der Waals surface area contributed by atoms with Crippen molar-refractivity contribution >= 4 is 60.0 Å². The van der Waals surface area contributed by atoms with Crippen molar-refractivity contribution in [3.8, 4) is 0 Å². The smallest absolute Gasteiger partial charge is 0.335 e.